The number of amides is 3. The minimum atomic E-state index is -0.633. The van der Waals surface area contributed by atoms with Crippen LogP contribution in [0.1, 0.15) is 71.4 Å². The summed E-state index contributed by atoms with van der Waals surface area (Å²) < 4.78 is 0. The molecule has 1 aromatic carbocycles. The maximum atomic E-state index is 13.6. The minimum absolute atomic E-state index is 0.00136. The first-order chi connectivity index (χ1) is 15.7. The average Bonchev–Trinajstić information content (AvgIpc) is 3.14. The van der Waals surface area contributed by atoms with Gasteiger partial charge in [-0.25, -0.2) is 0 Å². The summed E-state index contributed by atoms with van der Waals surface area (Å²) in [7, 11) is 0. The molecule has 1 heterocycles. The second-order valence-corrected chi connectivity index (χ2v) is 10.2. The van der Waals surface area contributed by atoms with Crippen molar-refractivity contribution >= 4 is 23.8 Å². The molecule has 1 aliphatic heterocycles. The first-order valence-electron chi connectivity index (χ1n) is 12.3. The molecule has 2 N–H and O–H groups in total. The van der Waals surface area contributed by atoms with Crippen LogP contribution < -0.4 is 10.6 Å². The second kappa shape index (κ2) is 10.5. The maximum absolute atomic E-state index is 13.6. The Morgan fingerprint density at radius 3 is 2.33 bits per heavy atom. The Bertz CT molecular complexity index is 900. The number of nitrogens with one attached hydrogen (secondary N) is 2. The topological polar surface area (TPSA) is 78.5 Å². The van der Waals surface area contributed by atoms with Crippen LogP contribution in [0.5, 0.6) is 0 Å². The zero-order valence-electron chi connectivity index (χ0n) is 20.7. The number of carbonyl (C=O) groups is 3. The van der Waals surface area contributed by atoms with Gasteiger partial charge in [-0.1, -0.05) is 70.5 Å². The molecule has 180 valence electrons. The molecule has 3 amide bonds. The van der Waals surface area contributed by atoms with E-state index >= 15 is 0 Å². The molecule has 0 radical (unpaired) electrons. The van der Waals surface area contributed by atoms with E-state index in [1.54, 1.807) is 0 Å². The summed E-state index contributed by atoms with van der Waals surface area (Å²) in [6.45, 7) is 10.8. The maximum Gasteiger partial charge on any atom is 0.245 e. The molecular formula is C27H39N3O3. The Kier molecular flexibility index (Phi) is 7.98. The van der Waals surface area contributed by atoms with Gasteiger partial charge in [-0.15, -0.1) is 0 Å². The van der Waals surface area contributed by atoms with E-state index in [1.165, 1.54) is 18.1 Å². The molecular weight excluding hydrogens is 414 g/mol. The van der Waals surface area contributed by atoms with Crippen LogP contribution in [0.2, 0.25) is 0 Å². The Morgan fingerprint density at radius 1 is 1.06 bits per heavy atom. The van der Waals surface area contributed by atoms with Gasteiger partial charge in [0, 0.05) is 25.4 Å². The summed E-state index contributed by atoms with van der Waals surface area (Å²) in [5.74, 6) is -0.298. The molecule has 0 bridgehead atoms. The van der Waals surface area contributed by atoms with Crippen molar-refractivity contribution in [2.75, 3.05) is 13.1 Å². The van der Waals surface area contributed by atoms with Gasteiger partial charge in [0.2, 0.25) is 17.7 Å². The van der Waals surface area contributed by atoms with Gasteiger partial charge in [0.1, 0.15) is 12.1 Å². The third kappa shape index (κ3) is 5.66. The number of hydrogen-bond donors (Lipinski definition) is 2. The van der Waals surface area contributed by atoms with Crippen molar-refractivity contribution in [2.24, 2.45) is 11.8 Å². The highest BCUT2D eigenvalue weighted by molar-refractivity contribution is 5.92. The molecule has 0 unspecified atom stereocenters. The van der Waals surface area contributed by atoms with Gasteiger partial charge >= 0.3 is 0 Å². The highest BCUT2D eigenvalue weighted by Gasteiger charge is 2.41. The van der Waals surface area contributed by atoms with Crippen LogP contribution >= 0.6 is 0 Å². The monoisotopic (exact) mass is 453 g/mol. The molecule has 6 nitrogen and oxygen atoms in total. The van der Waals surface area contributed by atoms with E-state index in [0.29, 0.717) is 19.5 Å². The van der Waals surface area contributed by atoms with Crippen LogP contribution in [-0.2, 0) is 19.8 Å². The van der Waals surface area contributed by atoms with Crippen LogP contribution in [0, 0.1) is 11.8 Å². The fourth-order valence-corrected chi connectivity index (χ4v) is 5.08. The standard InChI is InChI=1S/C27H39N3O3/c1-6-19(4)24(29-25(32)23(17-18(2)3)28-20(5)31)26(33)30-15-13-27(14-16-30)12-11-21-9-7-8-10-22(21)27/h7-12,18-19,23-24H,6,13-17H2,1-5H3,(H,28,31)(H,29,32)/t19-,23-,24-/m0/s1. The van der Waals surface area contributed by atoms with Gasteiger partial charge in [0.15, 0.2) is 0 Å². The van der Waals surface area contributed by atoms with Crippen molar-refractivity contribution in [2.45, 2.75) is 77.8 Å². The number of likely N-dealkylation sites (tertiary alicyclic amines) is 1. The predicted octanol–water partition coefficient (Wildman–Crippen LogP) is 3.66. The lowest BCUT2D eigenvalue weighted by molar-refractivity contribution is -0.140. The number of fused-ring (bicyclic) bond motifs is 2. The number of hydrogen-bond acceptors (Lipinski definition) is 3. The molecule has 6 heteroatoms. The van der Waals surface area contributed by atoms with E-state index in [4.69, 9.17) is 0 Å². The van der Waals surface area contributed by atoms with Gasteiger partial charge in [-0.05, 0) is 42.2 Å². The van der Waals surface area contributed by atoms with Gasteiger partial charge in [0.25, 0.3) is 0 Å². The van der Waals surface area contributed by atoms with Crippen LogP contribution in [0.25, 0.3) is 6.08 Å². The molecule has 1 saturated heterocycles. The Labute approximate surface area is 198 Å². The zero-order chi connectivity index (χ0) is 24.2. The number of nitrogens with zero attached hydrogens (tertiary/aromatic N) is 1. The normalized spacial score (nSPS) is 19.2. The van der Waals surface area contributed by atoms with E-state index in [1.807, 2.05) is 32.6 Å². The molecule has 1 spiro atoms. The van der Waals surface area contributed by atoms with Crippen molar-refractivity contribution < 1.29 is 14.4 Å². The molecule has 3 atom stereocenters. The highest BCUT2D eigenvalue weighted by Crippen LogP contribution is 2.43. The average molecular weight is 454 g/mol. The lowest BCUT2D eigenvalue weighted by Gasteiger charge is -2.41. The molecule has 2 aliphatic rings. The van der Waals surface area contributed by atoms with Gasteiger partial charge in [0.05, 0.1) is 0 Å². The second-order valence-electron chi connectivity index (χ2n) is 10.2. The van der Waals surface area contributed by atoms with Crippen molar-refractivity contribution in [3.63, 3.8) is 0 Å². The Balaban J connectivity index is 1.69. The fourth-order valence-electron chi connectivity index (χ4n) is 5.08. The van der Waals surface area contributed by atoms with Crippen molar-refractivity contribution in [3.05, 3.63) is 41.5 Å². The fraction of sp³-hybridized carbons (Fsp3) is 0.593. The summed E-state index contributed by atoms with van der Waals surface area (Å²) in [6.07, 6.45) is 7.58. The van der Waals surface area contributed by atoms with Crippen molar-refractivity contribution in [3.8, 4) is 0 Å². The largest absolute Gasteiger partial charge is 0.345 e. The van der Waals surface area contributed by atoms with Gasteiger partial charge in [-0.3, -0.25) is 14.4 Å². The highest BCUT2D eigenvalue weighted by atomic mass is 16.2. The summed E-state index contributed by atoms with van der Waals surface area (Å²) in [4.78, 5) is 40.2. The Hall–Kier alpha value is -2.63. The van der Waals surface area contributed by atoms with E-state index in [0.717, 1.165) is 19.3 Å². The number of allylic oxidation sites excluding steroid dienone is 1. The van der Waals surface area contributed by atoms with Crippen molar-refractivity contribution in [1.29, 1.82) is 0 Å². The zero-order valence-corrected chi connectivity index (χ0v) is 20.7. The molecule has 0 saturated carbocycles. The lowest BCUT2D eigenvalue weighted by Crippen LogP contribution is -2.58. The van der Waals surface area contributed by atoms with Gasteiger partial charge < -0.3 is 15.5 Å². The predicted molar refractivity (Wildman–Crippen MR) is 131 cm³/mol. The summed E-state index contributed by atoms with van der Waals surface area (Å²) in [5.41, 5.74) is 2.64. The molecule has 0 aromatic heterocycles. The Morgan fingerprint density at radius 2 is 1.73 bits per heavy atom. The van der Waals surface area contributed by atoms with Gasteiger partial charge in [-0.2, -0.15) is 0 Å². The first kappa shape index (κ1) is 25.0. The number of piperidine rings is 1. The van der Waals surface area contributed by atoms with E-state index in [2.05, 4.69) is 47.1 Å². The summed E-state index contributed by atoms with van der Waals surface area (Å²) >= 11 is 0. The van der Waals surface area contributed by atoms with Crippen LogP contribution in [-0.4, -0.2) is 47.8 Å². The minimum Gasteiger partial charge on any atom is -0.345 e. The molecule has 33 heavy (non-hydrogen) atoms. The van der Waals surface area contributed by atoms with E-state index < -0.39 is 12.1 Å². The van der Waals surface area contributed by atoms with Crippen molar-refractivity contribution in [1.82, 2.24) is 15.5 Å². The quantitative estimate of drug-likeness (QED) is 0.631. The number of rotatable bonds is 8. The molecule has 3 rings (SSSR count). The molecule has 1 aromatic rings. The lowest BCUT2D eigenvalue weighted by atomic mass is 9.74. The van der Waals surface area contributed by atoms with E-state index in [-0.39, 0.29) is 35.0 Å². The first-order valence-corrected chi connectivity index (χ1v) is 12.3. The summed E-state index contributed by atoms with van der Waals surface area (Å²) in [6, 6.07) is 7.27. The van der Waals surface area contributed by atoms with Crippen LogP contribution in [0.3, 0.4) is 0 Å². The smallest absolute Gasteiger partial charge is 0.245 e. The van der Waals surface area contributed by atoms with Crippen LogP contribution in [0.4, 0.5) is 0 Å². The molecule has 1 fully saturated rings. The SMILES string of the molecule is CC[C@H](C)[C@H](NC(=O)[C@H](CC(C)C)NC(C)=O)C(=O)N1CCC2(C=Cc3ccccc32)CC1. The van der Waals surface area contributed by atoms with Crippen LogP contribution in [0.15, 0.2) is 30.3 Å². The van der Waals surface area contributed by atoms with E-state index in [9.17, 15) is 14.4 Å². The third-order valence-electron chi connectivity index (χ3n) is 7.22. The molecule has 1 aliphatic carbocycles. The third-order valence-corrected chi connectivity index (χ3v) is 7.22. The number of benzene rings is 1. The number of carbonyl (C=O) groups excluding carboxylic acids is 3. The summed E-state index contributed by atoms with van der Waals surface area (Å²) in [5, 5.41) is 5.74.